The molecule has 1 saturated heterocycles. The van der Waals surface area contributed by atoms with Crippen LogP contribution in [0.25, 0.3) is 0 Å². The van der Waals surface area contributed by atoms with Crippen molar-refractivity contribution in [3.8, 4) is 0 Å². The molecule has 5 atom stereocenters. The highest BCUT2D eigenvalue weighted by molar-refractivity contribution is 15.0. The third-order valence-corrected chi connectivity index (χ3v) is 2.70. The van der Waals surface area contributed by atoms with E-state index in [1.165, 1.54) is 0 Å². The van der Waals surface area contributed by atoms with Crippen molar-refractivity contribution in [3.63, 3.8) is 0 Å². The number of amides is 1. The van der Waals surface area contributed by atoms with Gasteiger partial charge in [-0.3, -0.25) is 4.79 Å². The Morgan fingerprint density at radius 2 is 1.84 bits per heavy atom. The Hall–Kier alpha value is 0.730. The molecule has 114 valence electrons. The summed E-state index contributed by atoms with van der Waals surface area (Å²) in [6.45, 7) is 1.30. The molecule has 0 aromatic carbocycles. The van der Waals surface area contributed by atoms with E-state index in [-0.39, 0.29) is 12.3 Å². The summed E-state index contributed by atoms with van der Waals surface area (Å²) in [5, 5.41) is 40.1. The van der Waals surface area contributed by atoms with Crippen LogP contribution >= 0.6 is 37.2 Å². The fourth-order valence-corrected chi connectivity index (χ4v) is 1.74. The molecule has 0 bridgehead atoms. The number of halogens is 2. The molecule has 1 unspecified atom stereocenters. The number of rotatable bonds is 4. The Kier molecular flexibility index (Phi) is 10.9. The van der Waals surface area contributed by atoms with Gasteiger partial charge in [-0.05, 0) is 6.42 Å². The zero-order valence-corrected chi connectivity index (χ0v) is 14.7. The molecule has 0 aliphatic carbocycles. The topological polar surface area (TPSA) is 119 Å². The van der Waals surface area contributed by atoms with Crippen LogP contribution < -0.4 is 5.32 Å². The largest absolute Gasteiger partial charge is 0.394 e. The molecule has 0 aromatic rings. The lowest BCUT2D eigenvalue weighted by Gasteiger charge is -2.40. The van der Waals surface area contributed by atoms with Crippen LogP contribution in [0.1, 0.15) is 19.8 Å². The summed E-state index contributed by atoms with van der Waals surface area (Å²) in [5.41, 5.74) is 0. The quantitative estimate of drug-likeness (QED) is 0.330. The molecule has 1 aliphatic rings. The molecule has 9 heteroatoms. The van der Waals surface area contributed by atoms with Crippen molar-refractivity contribution in [1.82, 2.24) is 5.32 Å². The van der Waals surface area contributed by atoms with Crippen molar-refractivity contribution >= 4 is 43.1 Å². The minimum Gasteiger partial charge on any atom is -0.394 e. The van der Waals surface area contributed by atoms with Crippen LogP contribution in [0, 0.1) is 0 Å². The van der Waals surface area contributed by atoms with Gasteiger partial charge < -0.3 is 30.5 Å². The molecule has 0 spiro atoms. The lowest BCUT2D eigenvalue weighted by Crippen LogP contribution is -2.64. The minimum absolute atomic E-state index is 0.259. The van der Waals surface area contributed by atoms with Crippen molar-refractivity contribution < 1.29 is 30.0 Å². The molecule has 1 aliphatic heterocycles. The maximum atomic E-state index is 11.3. The number of hydrogen-bond donors (Lipinski definition) is 5. The lowest BCUT2D eigenvalue weighted by atomic mass is 9.97. The van der Waals surface area contributed by atoms with Crippen LogP contribution in [0.15, 0.2) is 0 Å². The van der Waals surface area contributed by atoms with Gasteiger partial charge in [0.2, 0.25) is 5.91 Å². The standard InChI is InChI=1S/C10H19NO6.I2/c1-2-3-6(13)11-7-9(15)8(14)5(4-12)17-10(7)16;1-2/h5,7-10,12,14-16H,2-4H2,1H3,(H,11,13);/t5-,7-,8-,9-,10?;/m1./s1. The van der Waals surface area contributed by atoms with E-state index in [2.05, 4.69) is 42.5 Å². The van der Waals surface area contributed by atoms with E-state index in [0.717, 1.165) is 0 Å². The second kappa shape index (κ2) is 10.5. The van der Waals surface area contributed by atoms with Gasteiger partial charge in [-0.2, -0.15) is 0 Å². The van der Waals surface area contributed by atoms with E-state index in [4.69, 9.17) is 9.84 Å². The smallest absolute Gasteiger partial charge is 0.220 e. The van der Waals surface area contributed by atoms with E-state index in [1.807, 2.05) is 6.92 Å². The fourth-order valence-electron chi connectivity index (χ4n) is 1.74. The molecular formula is C10H19I2NO6. The Bertz CT molecular complexity index is 270. The Balaban J connectivity index is 0.00000154. The van der Waals surface area contributed by atoms with Crippen molar-refractivity contribution in [3.05, 3.63) is 0 Å². The highest BCUT2D eigenvalue weighted by atomic mass is 128. The molecular weight excluding hydrogens is 484 g/mol. The lowest BCUT2D eigenvalue weighted by molar-refractivity contribution is -0.253. The van der Waals surface area contributed by atoms with Crippen LogP contribution in [-0.4, -0.2) is 63.6 Å². The second-order valence-electron chi connectivity index (χ2n) is 4.07. The van der Waals surface area contributed by atoms with Gasteiger partial charge in [0.15, 0.2) is 6.29 Å². The summed E-state index contributed by atoms with van der Waals surface area (Å²) in [6.07, 6.45) is -4.35. The number of hydrogen-bond acceptors (Lipinski definition) is 6. The number of ether oxygens (including phenoxy) is 1. The fraction of sp³-hybridized carbons (Fsp3) is 0.900. The zero-order chi connectivity index (χ0) is 15.0. The summed E-state index contributed by atoms with van der Waals surface area (Å²) < 4.78 is 4.89. The second-order valence-corrected chi connectivity index (χ2v) is 4.07. The predicted octanol–water partition coefficient (Wildman–Crippen LogP) is -0.526. The van der Waals surface area contributed by atoms with Gasteiger partial charge in [-0.25, -0.2) is 0 Å². The SMILES string of the molecule is CCCC(=O)N[C@H]1C(O)O[C@H](CO)[C@@H](O)[C@@H]1O.II. The summed E-state index contributed by atoms with van der Waals surface area (Å²) >= 11 is 4.24. The predicted molar refractivity (Wildman–Crippen MR) is 84.9 cm³/mol. The molecule has 5 N–H and O–H groups in total. The van der Waals surface area contributed by atoms with Gasteiger partial charge in [0, 0.05) is 43.7 Å². The summed E-state index contributed by atoms with van der Waals surface area (Å²) in [7, 11) is 0. The summed E-state index contributed by atoms with van der Waals surface area (Å²) in [6, 6.07) is -1.09. The number of nitrogens with one attached hydrogen (secondary N) is 1. The maximum Gasteiger partial charge on any atom is 0.220 e. The van der Waals surface area contributed by atoms with Crippen LogP contribution in [0.5, 0.6) is 0 Å². The first-order valence-corrected chi connectivity index (χ1v) is 12.0. The Labute approximate surface area is 135 Å². The first-order chi connectivity index (χ1) is 9.01. The molecule has 0 radical (unpaired) electrons. The Morgan fingerprint density at radius 3 is 2.32 bits per heavy atom. The van der Waals surface area contributed by atoms with Gasteiger partial charge in [-0.15, -0.1) is 0 Å². The zero-order valence-electron chi connectivity index (χ0n) is 10.4. The van der Waals surface area contributed by atoms with Crippen LogP contribution in [0.4, 0.5) is 0 Å². The Morgan fingerprint density at radius 1 is 1.26 bits per heavy atom. The number of aliphatic hydroxyl groups excluding tert-OH is 4. The average Bonchev–Trinajstić information content (AvgIpc) is 2.41. The van der Waals surface area contributed by atoms with E-state index < -0.39 is 37.3 Å². The highest BCUT2D eigenvalue weighted by Crippen LogP contribution is 2.19. The van der Waals surface area contributed by atoms with Crippen molar-refractivity contribution in [1.29, 1.82) is 0 Å². The minimum atomic E-state index is -1.45. The third kappa shape index (κ3) is 5.93. The number of carbonyl (C=O) groups excluding carboxylic acids is 1. The first kappa shape index (κ1) is 19.7. The van der Waals surface area contributed by atoms with E-state index in [1.54, 1.807) is 0 Å². The maximum absolute atomic E-state index is 11.3. The van der Waals surface area contributed by atoms with Gasteiger partial charge in [0.05, 0.1) is 6.61 Å². The first-order valence-electron chi connectivity index (χ1n) is 5.75. The van der Waals surface area contributed by atoms with Crippen LogP contribution in [0.2, 0.25) is 0 Å². The third-order valence-electron chi connectivity index (χ3n) is 2.70. The molecule has 19 heavy (non-hydrogen) atoms. The normalized spacial score (nSPS) is 34.2. The number of carbonyl (C=O) groups is 1. The molecule has 1 heterocycles. The van der Waals surface area contributed by atoms with Gasteiger partial charge >= 0.3 is 0 Å². The number of aliphatic hydroxyl groups is 4. The van der Waals surface area contributed by atoms with Crippen molar-refractivity contribution in [2.24, 2.45) is 0 Å². The van der Waals surface area contributed by atoms with Crippen molar-refractivity contribution in [2.75, 3.05) is 6.61 Å². The highest BCUT2D eigenvalue weighted by Gasteiger charge is 2.44. The van der Waals surface area contributed by atoms with Gasteiger partial charge in [-0.1, -0.05) is 6.92 Å². The van der Waals surface area contributed by atoms with Gasteiger partial charge in [0.25, 0.3) is 0 Å². The van der Waals surface area contributed by atoms with E-state index >= 15 is 0 Å². The molecule has 0 saturated carbocycles. The van der Waals surface area contributed by atoms with Crippen molar-refractivity contribution in [2.45, 2.75) is 50.4 Å². The molecule has 1 fully saturated rings. The van der Waals surface area contributed by atoms with Crippen LogP contribution in [0.3, 0.4) is 0 Å². The molecule has 7 nitrogen and oxygen atoms in total. The van der Waals surface area contributed by atoms with E-state index in [9.17, 15) is 20.1 Å². The molecule has 1 rings (SSSR count). The summed E-state index contributed by atoms with van der Waals surface area (Å²) in [4.78, 5) is 11.3. The molecule has 0 aromatic heterocycles. The van der Waals surface area contributed by atoms with Crippen LogP contribution in [-0.2, 0) is 9.53 Å². The molecule has 1 amide bonds. The van der Waals surface area contributed by atoms with Gasteiger partial charge in [0.1, 0.15) is 24.4 Å². The summed E-state index contributed by atoms with van der Waals surface area (Å²) in [5.74, 6) is -0.339. The van der Waals surface area contributed by atoms with E-state index in [0.29, 0.717) is 6.42 Å². The monoisotopic (exact) mass is 503 g/mol. The average molecular weight is 503 g/mol.